The van der Waals surface area contributed by atoms with Crippen molar-refractivity contribution >= 4 is 23.5 Å². The summed E-state index contributed by atoms with van der Waals surface area (Å²) < 4.78 is 1.55. The van der Waals surface area contributed by atoms with E-state index in [9.17, 15) is 14.7 Å². The number of carboxylic acids is 1. The van der Waals surface area contributed by atoms with E-state index in [0.29, 0.717) is 17.1 Å². The molecule has 1 aliphatic rings. The van der Waals surface area contributed by atoms with E-state index < -0.39 is 11.9 Å². The SMILES string of the molecule is Cn1cc(C(=O)N2C[C@@H](C(=O)O)[C@H](c3ccc(Cl)cc3)C2)cn1. The number of rotatable bonds is 3. The van der Waals surface area contributed by atoms with Crippen LogP contribution in [0, 0.1) is 5.92 Å². The number of amides is 1. The van der Waals surface area contributed by atoms with Crippen LogP contribution in [0.2, 0.25) is 5.02 Å². The molecular weight excluding hydrogens is 318 g/mol. The van der Waals surface area contributed by atoms with Gasteiger partial charge >= 0.3 is 5.97 Å². The molecule has 0 spiro atoms. The molecule has 0 unspecified atom stereocenters. The minimum Gasteiger partial charge on any atom is -0.481 e. The Bertz CT molecular complexity index is 741. The molecule has 1 aromatic carbocycles. The number of carboxylic acid groups (broad SMARTS) is 1. The summed E-state index contributed by atoms with van der Waals surface area (Å²) in [5, 5.41) is 14.1. The molecule has 2 aromatic rings. The highest BCUT2D eigenvalue weighted by Gasteiger charge is 2.40. The molecule has 1 aliphatic heterocycles. The number of aliphatic carboxylic acids is 1. The molecule has 6 nitrogen and oxygen atoms in total. The Labute approximate surface area is 138 Å². The molecule has 1 amide bonds. The number of carbonyl (C=O) groups is 2. The summed E-state index contributed by atoms with van der Waals surface area (Å²) in [6.45, 7) is 0.558. The fourth-order valence-electron chi connectivity index (χ4n) is 2.98. The lowest BCUT2D eigenvalue weighted by Crippen LogP contribution is -2.29. The number of benzene rings is 1. The lowest BCUT2D eigenvalue weighted by molar-refractivity contribution is -0.141. The van der Waals surface area contributed by atoms with Crippen LogP contribution in [0.3, 0.4) is 0 Å². The van der Waals surface area contributed by atoms with E-state index in [1.54, 1.807) is 35.0 Å². The van der Waals surface area contributed by atoms with Crippen molar-refractivity contribution in [2.45, 2.75) is 5.92 Å². The third-order valence-corrected chi connectivity index (χ3v) is 4.43. The maximum absolute atomic E-state index is 12.5. The Hall–Kier alpha value is -2.34. The van der Waals surface area contributed by atoms with Crippen LogP contribution in [0.25, 0.3) is 0 Å². The summed E-state index contributed by atoms with van der Waals surface area (Å²) in [5.41, 5.74) is 1.34. The Morgan fingerprint density at radius 1 is 1.26 bits per heavy atom. The number of nitrogens with zero attached hydrogens (tertiary/aromatic N) is 3. The van der Waals surface area contributed by atoms with Crippen molar-refractivity contribution in [1.29, 1.82) is 0 Å². The van der Waals surface area contributed by atoms with Crippen LogP contribution in [0.5, 0.6) is 0 Å². The van der Waals surface area contributed by atoms with Gasteiger partial charge in [-0.2, -0.15) is 5.10 Å². The predicted molar refractivity (Wildman–Crippen MR) is 84.4 cm³/mol. The van der Waals surface area contributed by atoms with Crippen molar-refractivity contribution in [3.63, 3.8) is 0 Å². The number of hydrogen-bond acceptors (Lipinski definition) is 3. The van der Waals surface area contributed by atoms with Crippen LogP contribution < -0.4 is 0 Å². The van der Waals surface area contributed by atoms with E-state index in [1.807, 2.05) is 12.1 Å². The second-order valence-electron chi connectivity index (χ2n) is 5.72. The Kier molecular flexibility index (Phi) is 4.09. The van der Waals surface area contributed by atoms with Gasteiger partial charge < -0.3 is 10.0 Å². The van der Waals surface area contributed by atoms with Crippen molar-refractivity contribution in [3.05, 3.63) is 52.8 Å². The molecule has 3 rings (SSSR count). The van der Waals surface area contributed by atoms with Crippen molar-refractivity contribution < 1.29 is 14.7 Å². The van der Waals surface area contributed by atoms with E-state index >= 15 is 0 Å². The van der Waals surface area contributed by atoms with Gasteiger partial charge in [-0.25, -0.2) is 0 Å². The molecule has 0 bridgehead atoms. The molecular formula is C16H16ClN3O3. The molecule has 1 fully saturated rings. The summed E-state index contributed by atoms with van der Waals surface area (Å²) in [5.74, 6) is -1.96. The third-order valence-electron chi connectivity index (χ3n) is 4.17. The van der Waals surface area contributed by atoms with Gasteiger partial charge in [0.15, 0.2) is 0 Å². The van der Waals surface area contributed by atoms with Gasteiger partial charge in [0.05, 0.1) is 17.7 Å². The maximum Gasteiger partial charge on any atom is 0.308 e. The van der Waals surface area contributed by atoms with E-state index in [1.165, 1.54) is 6.20 Å². The topological polar surface area (TPSA) is 75.4 Å². The molecule has 1 N–H and O–H groups in total. The maximum atomic E-state index is 12.5. The highest BCUT2D eigenvalue weighted by molar-refractivity contribution is 6.30. The molecule has 0 saturated carbocycles. The zero-order valence-electron chi connectivity index (χ0n) is 12.5. The van der Waals surface area contributed by atoms with Gasteiger partial charge in [0.25, 0.3) is 5.91 Å². The quantitative estimate of drug-likeness (QED) is 0.932. The average Bonchev–Trinajstić information content (AvgIpc) is 3.14. The van der Waals surface area contributed by atoms with Gasteiger partial charge in [-0.3, -0.25) is 14.3 Å². The summed E-state index contributed by atoms with van der Waals surface area (Å²) in [6.07, 6.45) is 3.13. The molecule has 120 valence electrons. The molecule has 7 heteroatoms. The van der Waals surface area contributed by atoms with Gasteiger partial charge in [0.1, 0.15) is 0 Å². The van der Waals surface area contributed by atoms with Crippen molar-refractivity contribution in [2.75, 3.05) is 13.1 Å². The number of likely N-dealkylation sites (tertiary alicyclic amines) is 1. The van der Waals surface area contributed by atoms with Crippen LogP contribution in [0.1, 0.15) is 21.8 Å². The van der Waals surface area contributed by atoms with Gasteiger partial charge in [0.2, 0.25) is 0 Å². The number of aromatic nitrogens is 2. The molecule has 1 saturated heterocycles. The standard InChI is InChI=1S/C16H16ClN3O3/c1-19-7-11(6-18-19)15(21)20-8-13(14(9-20)16(22)23)10-2-4-12(17)5-3-10/h2-7,13-14H,8-9H2,1H3,(H,22,23)/t13-,14+/m0/s1. The normalized spacial score (nSPS) is 20.7. The van der Waals surface area contributed by atoms with Crippen LogP contribution in [-0.4, -0.2) is 44.8 Å². The summed E-state index contributed by atoms with van der Waals surface area (Å²) >= 11 is 5.89. The fourth-order valence-corrected chi connectivity index (χ4v) is 3.11. The van der Waals surface area contributed by atoms with Crippen molar-refractivity contribution in [3.8, 4) is 0 Å². The minimum atomic E-state index is -0.897. The van der Waals surface area contributed by atoms with E-state index in [0.717, 1.165) is 5.56 Å². The molecule has 0 radical (unpaired) electrons. The zero-order chi connectivity index (χ0) is 16.6. The van der Waals surface area contributed by atoms with Crippen molar-refractivity contribution in [1.82, 2.24) is 14.7 Å². The first-order chi connectivity index (χ1) is 11.0. The highest BCUT2D eigenvalue weighted by atomic mass is 35.5. The molecule has 23 heavy (non-hydrogen) atoms. The van der Waals surface area contributed by atoms with Gasteiger partial charge in [-0.15, -0.1) is 0 Å². The van der Waals surface area contributed by atoms with Crippen LogP contribution >= 0.6 is 11.6 Å². The van der Waals surface area contributed by atoms with Gasteiger partial charge in [-0.05, 0) is 17.7 Å². The second kappa shape index (κ2) is 6.04. The lowest BCUT2D eigenvalue weighted by Gasteiger charge is -2.15. The Balaban J connectivity index is 1.85. The zero-order valence-corrected chi connectivity index (χ0v) is 13.3. The van der Waals surface area contributed by atoms with Gasteiger partial charge in [0, 0.05) is 37.3 Å². The van der Waals surface area contributed by atoms with E-state index in [4.69, 9.17) is 11.6 Å². The first-order valence-corrected chi connectivity index (χ1v) is 7.59. The summed E-state index contributed by atoms with van der Waals surface area (Å²) in [6, 6.07) is 7.12. The average molecular weight is 334 g/mol. The largest absolute Gasteiger partial charge is 0.481 e. The Morgan fingerprint density at radius 3 is 2.52 bits per heavy atom. The molecule has 2 heterocycles. The number of halogens is 1. The first-order valence-electron chi connectivity index (χ1n) is 7.22. The molecule has 1 aromatic heterocycles. The Morgan fingerprint density at radius 2 is 1.96 bits per heavy atom. The van der Waals surface area contributed by atoms with E-state index in [2.05, 4.69) is 5.10 Å². The number of aryl methyl sites for hydroxylation is 1. The highest BCUT2D eigenvalue weighted by Crippen LogP contribution is 2.34. The van der Waals surface area contributed by atoms with E-state index in [-0.39, 0.29) is 18.4 Å². The molecule has 2 atom stereocenters. The summed E-state index contributed by atoms with van der Waals surface area (Å²) in [4.78, 5) is 25.7. The first kappa shape index (κ1) is 15.6. The lowest BCUT2D eigenvalue weighted by atomic mass is 9.89. The van der Waals surface area contributed by atoms with Crippen molar-refractivity contribution in [2.24, 2.45) is 13.0 Å². The molecule has 0 aliphatic carbocycles. The van der Waals surface area contributed by atoms with Gasteiger partial charge in [-0.1, -0.05) is 23.7 Å². The predicted octanol–water partition coefficient (Wildman–Crippen LogP) is 2.01. The fraction of sp³-hybridized carbons (Fsp3) is 0.312. The smallest absolute Gasteiger partial charge is 0.308 e. The minimum absolute atomic E-state index is 0.191. The van der Waals surface area contributed by atoms with Crippen LogP contribution in [0.4, 0.5) is 0 Å². The second-order valence-corrected chi connectivity index (χ2v) is 6.15. The third kappa shape index (κ3) is 3.07. The monoisotopic (exact) mass is 333 g/mol. The van der Waals surface area contributed by atoms with Crippen LogP contribution in [-0.2, 0) is 11.8 Å². The van der Waals surface area contributed by atoms with Crippen LogP contribution in [0.15, 0.2) is 36.7 Å². The number of hydrogen-bond donors (Lipinski definition) is 1. The summed E-state index contributed by atoms with van der Waals surface area (Å²) in [7, 11) is 1.73. The number of carbonyl (C=O) groups excluding carboxylic acids is 1.